The second kappa shape index (κ2) is 14.6. The van der Waals surface area contributed by atoms with Crippen LogP contribution >= 0.6 is 0 Å². The summed E-state index contributed by atoms with van der Waals surface area (Å²) < 4.78 is 15.1. The molecule has 8 rings (SSSR count). The minimum Gasteiger partial charge on any atom is -0.443 e. The van der Waals surface area contributed by atoms with Gasteiger partial charge in [-0.15, -0.1) is 0 Å². The molecule has 0 aliphatic carbocycles. The van der Waals surface area contributed by atoms with Gasteiger partial charge in [0.2, 0.25) is 0 Å². The SMILES string of the molecule is C(=Cc1ccccc1)c1ccccc1.Cc1ccc2ocnc2c1.c1ccc2ocnc2c1.c1ccc2ocnc2c1. The summed E-state index contributed by atoms with van der Waals surface area (Å²) in [6, 6.07) is 41.9. The van der Waals surface area contributed by atoms with Crippen LogP contribution < -0.4 is 0 Å². The second-order valence-electron chi connectivity index (χ2n) is 9.12. The second-order valence-corrected chi connectivity index (χ2v) is 9.12. The van der Waals surface area contributed by atoms with E-state index in [1.165, 1.54) is 35.9 Å². The van der Waals surface area contributed by atoms with Gasteiger partial charge >= 0.3 is 0 Å². The maximum atomic E-state index is 5.06. The first-order valence-corrected chi connectivity index (χ1v) is 13.4. The van der Waals surface area contributed by atoms with Gasteiger partial charge in [0.25, 0.3) is 0 Å². The maximum absolute atomic E-state index is 5.06. The molecule has 0 bridgehead atoms. The van der Waals surface area contributed by atoms with Gasteiger partial charge in [0.05, 0.1) is 0 Å². The molecule has 3 heterocycles. The van der Waals surface area contributed by atoms with Crippen LogP contribution in [0.2, 0.25) is 0 Å². The van der Waals surface area contributed by atoms with Gasteiger partial charge in [-0.3, -0.25) is 0 Å². The molecule has 0 fully saturated rings. The number of oxazole rings is 3. The zero-order valence-electron chi connectivity index (χ0n) is 23.1. The van der Waals surface area contributed by atoms with Crippen LogP contribution in [-0.4, -0.2) is 15.0 Å². The van der Waals surface area contributed by atoms with Crippen molar-refractivity contribution in [3.63, 3.8) is 0 Å². The van der Waals surface area contributed by atoms with Gasteiger partial charge in [-0.2, -0.15) is 0 Å². The zero-order valence-corrected chi connectivity index (χ0v) is 23.1. The number of hydrogen-bond donors (Lipinski definition) is 0. The molecule has 5 aromatic carbocycles. The molecule has 0 atom stereocenters. The number of nitrogens with zero attached hydrogens (tertiary/aromatic N) is 3. The molecule has 0 unspecified atom stereocenters. The first-order chi connectivity index (χ1) is 20.7. The Hall–Kier alpha value is -5.75. The lowest BCUT2D eigenvalue weighted by atomic mass is 10.1. The van der Waals surface area contributed by atoms with E-state index in [0.717, 1.165) is 33.3 Å². The van der Waals surface area contributed by atoms with Gasteiger partial charge < -0.3 is 13.3 Å². The predicted octanol–water partition coefficient (Wildman–Crippen LogP) is 9.65. The summed E-state index contributed by atoms with van der Waals surface area (Å²) >= 11 is 0. The van der Waals surface area contributed by atoms with Gasteiger partial charge in [0, 0.05) is 0 Å². The van der Waals surface area contributed by atoms with Gasteiger partial charge in [0.15, 0.2) is 35.9 Å². The van der Waals surface area contributed by atoms with Gasteiger partial charge in [-0.1, -0.05) is 103 Å². The van der Waals surface area contributed by atoms with E-state index in [9.17, 15) is 0 Å². The van der Waals surface area contributed by atoms with Crippen LogP contribution in [0.5, 0.6) is 0 Å². The fourth-order valence-electron chi connectivity index (χ4n) is 3.90. The van der Waals surface area contributed by atoms with E-state index in [4.69, 9.17) is 13.3 Å². The summed E-state index contributed by atoms with van der Waals surface area (Å²) in [5.74, 6) is 0. The highest BCUT2D eigenvalue weighted by atomic mass is 16.3. The van der Waals surface area contributed by atoms with E-state index in [1.807, 2.05) is 110 Å². The maximum Gasteiger partial charge on any atom is 0.181 e. The van der Waals surface area contributed by atoms with Crippen LogP contribution in [0.4, 0.5) is 0 Å². The van der Waals surface area contributed by atoms with Crippen molar-refractivity contribution in [3.8, 4) is 0 Å². The van der Waals surface area contributed by atoms with E-state index in [1.54, 1.807) is 0 Å². The lowest BCUT2D eigenvalue weighted by molar-refractivity contribution is 0.602. The van der Waals surface area contributed by atoms with Crippen molar-refractivity contribution in [2.45, 2.75) is 6.92 Å². The Morgan fingerprint density at radius 1 is 0.429 bits per heavy atom. The Kier molecular flexibility index (Phi) is 9.65. The van der Waals surface area contributed by atoms with Crippen molar-refractivity contribution in [2.75, 3.05) is 0 Å². The third kappa shape index (κ3) is 8.13. The summed E-state index contributed by atoms with van der Waals surface area (Å²) in [4.78, 5) is 11.9. The molecular formula is C36H29N3O3. The lowest BCUT2D eigenvalue weighted by Crippen LogP contribution is -1.70. The van der Waals surface area contributed by atoms with Crippen LogP contribution in [0.3, 0.4) is 0 Å². The Morgan fingerprint density at radius 2 is 0.833 bits per heavy atom. The largest absolute Gasteiger partial charge is 0.443 e. The van der Waals surface area contributed by atoms with Crippen LogP contribution in [0.15, 0.2) is 160 Å². The van der Waals surface area contributed by atoms with E-state index in [-0.39, 0.29) is 0 Å². The number of aromatic nitrogens is 3. The normalized spacial score (nSPS) is 10.4. The van der Waals surface area contributed by atoms with Crippen LogP contribution in [0.1, 0.15) is 16.7 Å². The van der Waals surface area contributed by atoms with Crippen molar-refractivity contribution in [2.24, 2.45) is 0 Å². The smallest absolute Gasteiger partial charge is 0.181 e. The quantitative estimate of drug-likeness (QED) is 0.199. The third-order valence-corrected chi connectivity index (χ3v) is 6.03. The van der Waals surface area contributed by atoms with Crippen molar-refractivity contribution in [3.05, 3.63) is 163 Å². The Bertz CT molecular complexity index is 1790. The van der Waals surface area contributed by atoms with Crippen molar-refractivity contribution >= 4 is 45.5 Å². The summed E-state index contributed by atoms with van der Waals surface area (Å²) in [5, 5.41) is 0. The highest BCUT2D eigenvalue weighted by Gasteiger charge is 1.95. The minimum absolute atomic E-state index is 0.845. The average molecular weight is 552 g/mol. The highest BCUT2D eigenvalue weighted by molar-refractivity contribution is 5.73. The molecule has 0 saturated heterocycles. The summed E-state index contributed by atoms with van der Waals surface area (Å²) in [5.41, 5.74) is 8.98. The molecule has 0 aliphatic rings. The molecule has 42 heavy (non-hydrogen) atoms. The van der Waals surface area contributed by atoms with E-state index < -0.39 is 0 Å². The third-order valence-electron chi connectivity index (χ3n) is 6.03. The average Bonchev–Trinajstić information content (AvgIpc) is 3.83. The molecule has 206 valence electrons. The Balaban J connectivity index is 0.000000114. The fraction of sp³-hybridized carbons (Fsp3) is 0.0278. The highest BCUT2D eigenvalue weighted by Crippen LogP contribution is 2.13. The predicted molar refractivity (Wildman–Crippen MR) is 169 cm³/mol. The van der Waals surface area contributed by atoms with E-state index in [2.05, 4.69) is 51.4 Å². The van der Waals surface area contributed by atoms with Gasteiger partial charge in [-0.25, -0.2) is 15.0 Å². The Labute approximate surface area is 243 Å². The number of hydrogen-bond acceptors (Lipinski definition) is 6. The Morgan fingerprint density at radius 3 is 1.31 bits per heavy atom. The molecule has 0 spiro atoms. The summed E-state index contributed by atoms with van der Waals surface area (Å²) in [6.07, 6.45) is 8.60. The van der Waals surface area contributed by atoms with Gasteiger partial charge in [-0.05, 0) is 60.0 Å². The zero-order chi connectivity index (χ0) is 28.8. The molecule has 0 saturated carbocycles. The fourth-order valence-corrected chi connectivity index (χ4v) is 3.90. The van der Waals surface area contributed by atoms with Crippen LogP contribution in [0.25, 0.3) is 45.5 Å². The van der Waals surface area contributed by atoms with Crippen LogP contribution in [0, 0.1) is 6.92 Å². The van der Waals surface area contributed by atoms with E-state index in [0.29, 0.717) is 0 Å². The first kappa shape index (κ1) is 27.8. The lowest BCUT2D eigenvalue weighted by Gasteiger charge is -1.92. The van der Waals surface area contributed by atoms with Crippen molar-refractivity contribution < 1.29 is 13.3 Å². The molecule has 6 nitrogen and oxygen atoms in total. The first-order valence-electron chi connectivity index (χ1n) is 13.4. The standard InChI is InChI=1S/C14H12.C8H7NO.2C7H5NO/c1-3-7-13(8-4-1)11-12-14-9-5-2-6-10-14;1-6-2-3-8-7(4-6)9-5-10-8;2*1-2-4-7-6(3-1)8-5-9-7/h1-12H;2-5H,1H3;2*1-5H. The minimum atomic E-state index is 0.845. The number of benzene rings is 5. The number of para-hydroxylation sites is 4. The number of rotatable bonds is 2. The summed E-state index contributed by atoms with van der Waals surface area (Å²) in [6.45, 7) is 2.04. The monoisotopic (exact) mass is 551 g/mol. The molecule has 3 aromatic heterocycles. The molecule has 0 N–H and O–H groups in total. The number of aryl methyl sites for hydroxylation is 1. The molecule has 8 aromatic rings. The molecule has 6 heteroatoms. The number of fused-ring (bicyclic) bond motifs is 3. The van der Waals surface area contributed by atoms with Gasteiger partial charge in [0.1, 0.15) is 16.6 Å². The van der Waals surface area contributed by atoms with Crippen molar-refractivity contribution in [1.82, 2.24) is 15.0 Å². The molecule has 0 radical (unpaired) electrons. The molecule has 0 aliphatic heterocycles. The molecule has 0 amide bonds. The van der Waals surface area contributed by atoms with Crippen LogP contribution in [-0.2, 0) is 0 Å². The molecular weight excluding hydrogens is 522 g/mol. The summed E-state index contributed by atoms with van der Waals surface area (Å²) in [7, 11) is 0. The topological polar surface area (TPSA) is 78.1 Å². The van der Waals surface area contributed by atoms with Crippen molar-refractivity contribution in [1.29, 1.82) is 0 Å². The van der Waals surface area contributed by atoms with E-state index >= 15 is 0 Å².